The van der Waals surface area contributed by atoms with Crippen LogP contribution in [0.15, 0.2) is 65.0 Å². The third-order valence-electron chi connectivity index (χ3n) is 6.56. The number of carbonyl (C=O) groups excluding carboxylic acids is 2. The number of dihydropyridines is 1. The van der Waals surface area contributed by atoms with Crippen molar-refractivity contribution in [2.24, 2.45) is 0 Å². The number of nitrogens with one attached hydrogen (secondary N) is 1. The number of rotatable bonds is 6. The first kappa shape index (κ1) is 23.4. The standard InChI is InChI=1S/C27H29NO6/c1-15-23(27(30)34-5)24(19-7-6-8-22(32-3)26(19)33-4)25-20(28-15)13-17(14-21(25)29)16-9-11-18(31-2)12-10-16/h6-12,17,24,28H,13-14H2,1-5H3. The van der Waals surface area contributed by atoms with E-state index in [0.717, 1.165) is 17.0 Å². The van der Waals surface area contributed by atoms with Crippen molar-refractivity contribution in [3.63, 3.8) is 0 Å². The van der Waals surface area contributed by atoms with E-state index in [9.17, 15) is 9.59 Å². The molecular weight excluding hydrogens is 434 g/mol. The number of hydrogen-bond acceptors (Lipinski definition) is 7. The van der Waals surface area contributed by atoms with Gasteiger partial charge in [-0.1, -0.05) is 24.3 Å². The second-order valence-electron chi connectivity index (χ2n) is 8.36. The SMILES string of the molecule is COC(=O)C1=C(C)NC2=C(C(=O)CC(c3ccc(OC)cc3)C2)C1c1cccc(OC)c1OC. The first-order chi connectivity index (χ1) is 16.4. The molecule has 2 aliphatic rings. The van der Waals surface area contributed by atoms with E-state index in [4.69, 9.17) is 18.9 Å². The average molecular weight is 464 g/mol. The number of carbonyl (C=O) groups is 2. The summed E-state index contributed by atoms with van der Waals surface area (Å²) in [4.78, 5) is 26.6. The van der Waals surface area contributed by atoms with Crippen LogP contribution in [0.3, 0.4) is 0 Å². The number of allylic oxidation sites excluding steroid dienone is 3. The van der Waals surface area contributed by atoms with Gasteiger partial charge in [-0.3, -0.25) is 4.79 Å². The van der Waals surface area contributed by atoms with Crippen LogP contribution < -0.4 is 19.5 Å². The molecule has 0 saturated carbocycles. The summed E-state index contributed by atoms with van der Waals surface area (Å²) in [5, 5.41) is 3.34. The Labute approximate surface area is 199 Å². The summed E-state index contributed by atoms with van der Waals surface area (Å²) in [6.45, 7) is 1.83. The molecule has 2 unspecified atom stereocenters. The zero-order valence-electron chi connectivity index (χ0n) is 20.1. The number of ketones is 1. The van der Waals surface area contributed by atoms with Gasteiger partial charge in [-0.2, -0.15) is 0 Å². The smallest absolute Gasteiger partial charge is 0.336 e. The number of hydrogen-bond donors (Lipinski definition) is 1. The fraction of sp³-hybridized carbons (Fsp3) is 0.333. The highest BCUT2D eigenvalue weighted by Crippen LogP contribution is 2.49. The van der Waals surface area contributed by atoms with E-state index in [1.165, 1.54) is 7.11 Å². The molecule has 1 aliphatic carbocycles. The van der Waals surface area contributed by atoms with Crippen LogP contribution in [0.5, 0.6) is 17.2 Å². The zero-order chi connectivity index (χ0) is 24.4. The fourth-order valence-corrected chi connectivity index (χ4v) is 4.98. The summed E-state index contributed by atoms with van der Waals surface area (Å²) in [6.07, 6.45) is 0.977. The largest absolute Gasteiger partial charge is 0.497 e. The maximum Gasteiger partial charge on any atom is 0.336 e. The van der Waals surface area contributed by atoms with Crippen LogP contribution in [-0.4, -0.2) is 40.2 Å². The number of para-hydroxylation sites is 1. The molecule has 7 heteroatoms. The normalized spacial score (nSPS) is 19.9. The van der Waals surface area contributed by atoms with Gasteiger partial charge in [0.1, 0.15) is 5.75 Å². The van der Waals surface area contributed by atoms with Crippen LogP contribution in [0.25, 0.3) is 0 Å². The quantitative estimate of drug-likeness (QED) is 0.642. The lowest BCUT2D eigenvalue weighted by Gasteiger charge is -2.37. The molecule has 178 valence electrons. The molecule has 0 aromatic heterocycles. The molecule has 1 heterocycles. The lowest BCUT2D eigenvalue weighted by molar-refractivity contribution is -0.136. The van der Waals surface area contributed by atoms with Crippen molar-refractivity contribution in [1.82, 2.24) is 5.32 Å². The van der Waals surface area contributed by atoms with E-state index in [1.807, 2.05) is 43.3 Å². The number of ether oxygens (including phenoxy) is 4. The topological polar surface area (TPSA) is 83.1 Å². The Bertz CT molecular complexity index is 1180. The summed E-state index contributed by atoms with van der Waals surface area (Å²) >= 11 is 0. The van der Waals surface area contributed by atoms with E-state index in [1.54, 1.807) is 27.4 Å². The highest BCUT2D eigenvalue weighted by Gasteiger charge is 2.42. The van der Waals surface area contributed by atoms with Crippen LogP contribution in [0.2, 0.25) is 0 Å². The van der Waals surface area contributed by atoms with Gasteiger partial charge in [0, 0.05) is 29.0 Å². The third kappa shape index (κ3) is 4.02. The minimum absolute atomic E-state index is 0.0154. The summed E-state index contributed by atoms with van der Waals surface area (Å²) < 4.78 is 21.5. The van der Waals surface area contributed by atoms with Crippen molar-refractivity contribution in [2.45, 2.75) is 31.6 Å². The van der Waals surface area contributed by atoms with E-state index in [-0.39, 0.29) is 11.7 Å². The van der Waals surface area contributed by atoms with Crippen LogP contribution >= 0.6 is 0 Å². The highest BCUT2D eigenvalue weighted by atomic mass is 16.5. The zero-order valence-corrected chi connectivity index (χ0v) is 20.1. The van der Waals surface area contributed by atoms with Gasteiger partial charge in [-0.05, 0) is 43.0 Å². The van der Waals surface area contributed by atoms with Crippen LogP contribution in [0.1, 0.15) is 42.7 Å². The summed E-state index contributed by atoms with van der Waals surface area (Å²) in [6, 6.07) is 13.3. The first-order valence-electron chi connectivity index (χ1n) is 11.1. The fourth-order valence-electron chi connectivity index (χ4n) is 4.98. The summed E-state index contributed by atoms with van der Waals surface area (Å²) in [5.41, 5.74) is 4.19. The maximum absolute atomic E-state index is 13.7. The van der Waals surface area contributed by atoms with Crippen LogP contribution in [-0.2, 0) is 14.3 Å². The molecule has 0 radical (unpaired) electrons. The number of methoxy groups -OCH3 is 4. The van der Waals surface area contributed by atoms with Crippen LogP contribution in [0, 0.1) is 0 Å². The Hall–Kier alpha value is -3.74. The first-order valence-corrected chi connectivity index (χ1v) is 11.1. The molecule has 4 rings (SSSR count). The van der Waals surface area contributed by atoms with Crippen molar-refractivity contribution >= 4 is 11.8 Å². The van der Waals surface area contributed by atoms with Crippen molar-refractivity contribution in [2.75, 3.05) is 28.4 Å². The predicted octanol–water partition coefficient (Wildman–Crippen LogP) is 4.25. The van der Waals surface area contributed by atoms with Gasteiger partial charge in [-0.25, -0.2) is 4.79 Å². The van der Waals surface area contributed by atoms with Gasteiger partial charge in [0.25, 0.3) is 0 Å². The molecular formula is C27H29NO6. The minimum atomic E-state index is -0.627. The third-order valence-corrected chi connectivity index (χ3v) is 6.56. The van der Waals surface area contributed by atoms with Crippen LogP contribution in [0.4, 0.5) is 0 Å². The van der Waals surface area contributed by atoms with Gasteiger partial charge >= 0.3 is 5.97 Å². The Morgan fingerprint density at radius 1 is 0.941 bits per heavy atom. The Morgan fingerprint density at radius 2 is 1.68 bits per heavy atom. The van der Waals surface area contributed by atoms with E-state index in [2.05, 4.69) is 5.32 Å². The minimum Gasteiger partial charge on any atom is -0.497 e. The Balaban J connectivity index is 1.84. The van der Waals surface area contributed by atoms with E-state index in [0.29, 0.717) is 46.7 Å². The molecule has 7 nitrogen and oxygen atoms in total. The number of esters is 1. The van der Waals surface area contributed by atoms with Crippen molar-refractivity contribution < 1.29 is 28.5 Å². The molecule has 0 bridgehead atoms. The van der Waals surface area contributed by atoms with E-state index < -0.39 is 11.9 Å². The Kier molecular flexibility index (Phi) is 6.63. The number of benzene rings is 2. The molecule has 34 heavy (non-hydrogen) atoms. The molecule has 0 spiro atoms. The van der Waals surface area contributed by atoms with E-state index >= 15 is 0 Å². The van der Waals surface area contributed by atoms with Crippen molar-refractivity contribution in [1.29, 1.82) is 0 Å². The summed E-state index contributed by atoms with van der Waals surface area (Å²) in [7, 11) is 6.08. The molecule has 0 fully saturated rings. The lowest BCUT2D eigenvalue weighted by atomic mass is 9.71. The number of Topliss-reactive ketones (excluding diaryl/α,β-unsaturated/α-hetero) is 1. The molecule has 2 atom stereocenters. The van der Waals surface area contributed by atoms with Gasteiger partial charge in [0.15, 0.2) is 17.3 Å². The highest BCUT2D eigenvalue weighted by molar-refractivity contribution is 6.04. The maximum atomic E-state index is 13.7. The molecule has 1 N–H and O–H groups in total. The van der Waals surface area contributed by atoms with Gasteiger partial charge < -0.3 is 24.3 Å². The van der Waals surface area contributed by atoms with Crippen molar-refractivity contribution in [3.05, 3.63) is 76.1 Å². The second-order valence-corrected chi connectivity index (χ2v) is 8.36. The van der Waals surface area contributed by atoms with Gasteiger partial charge in [-0.15, -0.1) is 0 Å². The predicted molar refractivity (Wildman–Crippen MR) is 127 cm³/mol. The Morgan fingerprint density at radius 3 is 2.29 bits per heavy atom. The summed E-state index contributed by atoms with van der Waals surface area (Å²) in [5.74, 6) is 0.677. The molecule has 0 saturated heterocycles. The van der Waals surface area contributed by atoms with Gasteiger partial charge in [0.2, 0.25) is 0 Å². The lowest BCUT2D eigenvalue weighted by Crippen LogP contribution is -2.36. The van der Waals surface area contributed by atoms with Crippen molar-refractivity contribution in [3.8, 4) is 17.2 Å². The molecule has 2 aromatic carbocycles. The molecule has 2 aromatic rings. The monoisotopic (exact) mass is 463 g/mol. The molecule has 0 amide bonds. The second kappa shape index (κ2) is 9.63. The molecule has 1 aliphatic heterocycles. The van der Waals surface area contributed by atoms with Gasteiger partial charge in [0.05, 0.1) is 39.9 Å². The average Bonchev–Trinajstić information content (AvgIpc) is 2.86.